The average Bonchev–Trinajstić information content (AvgIpc) is 3.05. The Kier molecular flexibility index (Phi) is 8.23. The van der Waals surface area contributed by atoms with Crippen molar-refractivity contribution in [2.75, 3.05) is 48.8 Å². The molecule has 1 aliphatic rings. The maximum absolute atomic E-state index is 12.3. The molecule has 2 amide bonds. The second-order valence-electron chi connectivity index (χ2n) is 6.13. The van der Waals surface area contributed by atoms with Crippen LogP contribution in [0.1, 0.15) is 20.3 Å². The molecule has 29 heavy (non-hydrogen) atoms. The Hall–Kier alpha value is -2.37. The molecule has 2 N–H and O–H groups in total. The SMILES string of the molecule is CCOC(CNC(=O)C(=O)Nc1cc(N2CCCS2(=O)=O)ccc1OC)OCC. The van der Waals surface area contributed by atoms with E-state index < -0.39 is 28.1 Å². The van der Waals surface area contributed by atoms with E-state index in [-0.39, 0.29) is 18.0 Å². The maximum atomic E-state index is 12.3. The summed E-state index contributed by atoms with van der Waals surface area (Å²) in [5, 5.41) is 4.91. The van der Waals surface area contributed by atoms with E-state index in [2.05, 4.69) is 10.6 Å². The van der Waals surface area contributed by atoms with Gasteiger partial charge in [-0.1, -0.05) is 0 Å². The molecule has 0 bridgehead atoms. The topological polar surface area (TPSA) is 123 Å². The predicted octanol–water partition coefficient (Wildman–Crippen LogP) is 0.689. The molecule has 0 spiro atoms. The Bertz CT molecular complexity index is 823. The van der Waals surface area contributed by atoms with Crippen molar-refractivity contribution in [3.63, 3.8) is 0 Å². The Labute approximate surface area is 170 Å². The third kappa shape index (κ3) is 6.05. The number of carbonyl (C=O) groups is 2. The summed E-state index contributed by atoms with van der Waals surface area (Å²) in [4.78, 5) is 24.4. The molecule has 10 nitrogen and oxygen atoms in total. The lowest BCUT2D eigenvalue weighted by Crippen LogP contribution is -2.41. The summed E-state index contributed by atoms with van der Waals surface area (Å²) in [5.74, 6) is -1.43. The van der Waals surface area contributed by atoms with Crippen molar-refractivity contribution in [1.82, 2.24) is 5.32 Å². The summed E-state index contributed by atoms with van der Waals surface area (Å²) in [5.41, 5.74) is 0.588. The summed E-state index contributed by atoms with van der Waals surface area (Å²) < 4.78 is 41.4. The number of amides is 2. The summed E-state index contributed by atoms with van der Waals surface area (Å²) in [6, 6.07) is 4.60. The van der Waals surface area contributed by atoms with Gasteiger partial charge in [0.05, 0.1) is 30.8 Å². The highest BCUT2D eigenvalue weighted by atomic mass is 32.2. The fourth-order valence-corrected chi connectivity index (χ4v) is 4.41. The molecule has 2 rings (SSSR count). The van der Waals surface area contributed by atoms with Gasteiger partial charge in [0, 0.05) is 19.8 Å². The number of benzene rings is 1. The first-order valence-electron chi connectivity index (χ1n) is 9.33. The van der Waals surface area contributed by atoms with Gasteiger partial charge < -0.3 is 24.8 Å². The summed E-state index contributed by atoms with van der Waals surface area (Å²) >= 11 is 0. The van der Waals surface area contributed by atoms with Crippen molar-refractivity contribution in [1.29, 1.82) is 0 Å². The molecule has 0 unspecified atom stereocenters. The van der Waals surface area contributed by atoms with Crippen molar-refractivity contribution in [3.05, 3.63) is 18.2 Å². The Morgan fingerprint density at radius 1 is 1.17 bits per heavy atom. The van der Waals surface area contributed by atoms with Gasteiger partial charge in [0.1, 0.15) is 5.75 Å². The van der Waals surface area contributed by atoms with Crippen LogP contribution in [0.15, 0.2) is 18.2 Å². The lowest BCUT2D eigenvalue weighted by molar-refractivity contribution is -0.145. The van der Waals surface area contributed by atoms with E-state index in [1.807, 2.05) is 0 Å². The minimum absolute atomic E-state index is 0.0110. The monoisotopic (exact) mass is 429 g/mol. The van der Waals surface area contributed by atoms with E-state index >= 15 is 0 Å². The van der Waals surface area contributed by atoms with Crippen LogP contribution in [-0.4, -0.2) is 65.7 Å². The molecule has 1 aromatic rings. The molecule has 0 saturated carbocycles. The van der Waals surface area contributed by atoms with E-state index in [9.17, 15) is 18.0 Å². The standard InChI is InChI=1S/C18H27N3O7S/c1-4-27-16(28-5-2)12-19-17(22)18(23)20-14-11-13(7-8-15(14)26-3)21-9-6-10-29(21,24)25/h7-8,11,16H,4-6,9-10,12H2,1-3H3,(H,19,22)(H,20,23). The number of sulfonamides is 1. The lowest BCUT2D eigenvalue weighted by atomic mass is 10.2. The van der Waals surface area contributed by atoms with E-state index in [0.717, 1.165) is 0 Å². The quantitative estimate of drug-likeness (QED) is 0.437. The number of methoxy groups -OCH3 is 1. The van der Waals surface area contributed by atoms with Crippen LogP contribution in [0.25, 0.3) is 0 Å². The highest BCUT2D eigenvalue weighted by molar-refractivity contribution is 7.93. The summed E-state index contributed by atoms with van der Waals surface area (Å²) in [6.45, 7) is 4.75. The van der Waals surface area contributed by atoms with Crippen molar-refractivity contribution in [2.45, 2.75) is 26.6 Å². The molecule has 1 heterocycles. The third-order valence-corrected chi connectivity index (χ3v) is 6.03. The number of rotatable bonds is 9. The van der Waals surface area contributed by atoms with E-state index in [4.69, 9.17) is 14.2 Å². The van der Waals surface area contributed by atoms with Crippen molar-refractivity contribution >= 4 is 33.2 Å². The molecule has 1 saturated heterocycles. The van der Waals surface area contributed by atoms with Crippen LogP contribution in [-0.2, 0) is 29.1 Å². The highest BCUT2D eigenvalue weighted by Crippen LogP contribution is 2.32. The van der Waals surface area contributed by atoms with Gasteiger partial charge in [-0.3, -0.25) is 13.9 Å². The second kappa shape index (κ2) is 10.4. The van der Waals surface area contributed by atoms with Gasteiger partial charge >= 0.3 is 11.8 Å². The van der Waals surface area contributed by atoms with Gasteiger partial charge in [0.25, 0.3) is 0 Å². The molecule has 0 atom stereocenters. The van der Waals surface area contributed by atoms with Gasteiger partial charge in [-0.15, -0.1) is 0 Å². The lowest BCUT2D eigenvalue weighted by Gasteiger charge is -2.19. The molecular weight excluding hydrogens is 402 g/mol. The zero-order chi connectivity index (χ0) is 21.4. The number of anilines is 2. The summed E-state index contributed by atoms with van der Waals surface area (Å²) in [7, 11) is -1.97. The first-order valence-corrected chi connectivity index (χ1v) is 10.9. The van der Waals surface area contributed by atoms with Crippen LogP contribution in [0, 0.1) is 0 Å². The second-order valence-corrected chi connectivity index (χ2v) is 8.14. The number of nitrogens with one attached hydrogen (secondary N) is 2. The largest absolute Gasteiger partial charge is 0.495 e. The van der Waals surface area contributed by atoms with Crippen LogP contribution in [0.3, 0.4) is 0 Å². The number of nitrogens with zero attached hydrogens (tertiary/aromatic N) is 1. The van der Waals surface area contributed by atoms with Gasteiger partial charge in [-0.25, -0.2) is 8.42 Å². The molecule has 0 aliphatic carbocycles. The normalized spacial score (nSPS) is 15.4. The molecule has 1 aromatic carbocycles. The number of ether oxygens (including phenoxy) is 3. The zero-order valence-corrected chi connectivity index (χ0v) is 17.6. The molecule has 162 valence electrons. The predicted molar refractivity (Wildman–Crippen MR) is 107 cm³/mol. The molecule has 1 fully saturated rings. The molecule has 0 aromatic heterocycles. The number of hydrogen-bond donors (Lipinski definition) is 2. The zero-order valence-electron chi connectivity index (χ0n) is 16.8. The van der Waals surface area contributed by atoms with Crippen molar-refractivity contribution in [3.8, 4) is 5.75 Å². The van der Waals surface area contributed by atoms with Crippen LogP contribution in [0.2, 0.25) is 0 Å². The molecular formula is C18H27N3O7S. The van der Waals surface area contributed by atoms with Gasteiger partial charge in [-0.2, -0.15) is 0 Å². The first-order chi connectivity index (χ1) is 13.8. The van der Waals surface area contributed by atoms with Crippen LogP contribution in [0.5, 0.6) is 5.75 Å². The molecule has 0 radical (unpaired) electrons. The third-order valence-electron chi connectivity index (χ3n) is 4.16. The highest BCUT2D eigenvalue weighted by Gasteiger charge is 2.29. The average molecular weight is 429 g/mol. The first kappa shape index (κ1) is 22.9. The fraction of sp³-hybridized carbons (Fsp3) is 0.556. The molecule has 11 heteroatoms. The van der Waals surface area contributed by atoms with E-state index in [0.29, 0.717) is 37.6 Å². The van der Waals surface area contributed by atoms with Crippen molar-refractivity contribution < 1.29 is 32.2 Å². The van der Waals surface area contributed by atoms with Gasteiger partial charge in [-0.05, 0) is 38.5 Å². The number of hydrogen-bond acceptors (Lipinski definition) is 7. The Balaban J connectivity index is 2.08. The fourth-order valence-electron chi connectivity index (χ4n) is 2.85. The van der Waals surface area contributed by atoms with Crippen molar-refractivity contribution in [2.24, 2.45) is 0 Å². The van der Waals surface area contributed by atoms with Crippen LogP contribution in [0.4, 0.5) is 11.4 Å². The van der Waals surface area contributed by atoms with E-state index in [1.54, 1.807) is 19.9 Å². The van der Waals surface area contributed by atoms with Crippen LogP contribution < -0.4 is 19.7 Å². The minimum atomic E-state index is -3.38. The van der Waals surface area contributed by atoms with Gasteiger partial charge in [0.15, 0.2) is 6.29 Å². The number of carbonyl (C=O) groups excluding carboxylic acids is 2. The van der Waals surface area contributed by atoms with Gasteiger partial charge in [0.2, 0.25) is 10.0 Å². The Morgan fingerprint density at radius 2 is 1.86 bits per heavy atom. The summed E-state index contributed by atoms with van der Waals surface area (Å²) in [6.07, 6.45) is -0.126. The maximum Gasteiger partial charge on any atom is 0.313 e. The van der Waals surface area contributed by atoms with Crippen LogP contribution >= 0.6 is 0 Å². The minimum Gasteiger partial charge on any atom is -0.495 e. The smallest absolute Gasteiger partial charge is 0.313 e. The molecule has 1 aliphatic heterocycles. The van der Waals surface area contributed by atoms with E-state index in [1.165, 1.54) is 23.5 Å². The Morgan fingerprint density at radius 3 is 2.41 bits per heavy atom.